The fraction of sp³-hybridized carbons (Fsp3) is 0.316. The summed E-state index contributed by atoms with van der Waals surface area (Å²) in [7, 11) is 0. The van der Waals surface area contributed by atoms with Gasteiger partial charge in [-0.15, -0.1) is 5.10 Å². The van der Waals surface area contributed by atoms with E-state index in [2.05, 4.69) is 15.4 Å². The molecule has 1 N–H and O–H groups in total. The minimum atomic E-state index is -4.40. The molecule has 0 fully saturated rings. The van der Waals surface area contributed by atoms with E-state index >= 15 is 0 Å². The van der Waals surface area contributed by atoms with E-state index in [0.717, 1.165) is 17.7 Å². The molecular formula is C19H19F3N4O. The van der Waals surface area contributed by atoms with Crippen LogP contribution in [-0.2, 0) is 22.8 Å². The number of alkyl halides is 3. The predicted molar refractivity (Wildman–Crippen MR) is 95.5 cm³/mol. The van der Waals surface area contributed by atoms with E-state index in [1.807, 2.05) is 20.8 Å². The Morgan fingerprint density at radius 1 is 1.15 bits per heavy atom. The van der Waals surface area contributed by atoms with Crippen molar-refractivity contribution >= 4 is 17.4 Å². The quantitative estimate of drug-likeness (QED) is 0.744. The number of anilines is 1. The molecular weight excluding hydrogens is 357 g/mol. The second-order valence-corrected chi connectivity index (χ2v) is 7.28. The molecule has 0 atom stereocenters. The zero-order valence-electron chi connectivity index (χ0n) is 15.1. The second kappa shape index (κ2) is 6.68. The minimum absolute atomic E-state index is 0.0526. The SMILES string of the molecule is CC(C)(C)c1c(NC(=O)Cc2ccc(C(F)(F)F)cc2)nn2cccnc12. The predicted octanol–water partition coefficient (Wildman–Crippen LogP) is 4.23. The molecule has 27 heavy (non-hydrogen) atoms. The molecule has 0 saturated heterocycles. The van der Waals surface area contributed by atoms with Gasteiger partial charge >= 0.3 is 6.18 Å². The number of carbonyl (C=O) groups excluding carboxylic acids is 1. The van der Waals surface area contributed by atoms with Gasteiger partial charge in [0.1, 0.15) is 0 Å². The number of amides is 1. The molecule has 1 amide bonds. The van der Waals surface area contributed by atoms with Gasteiger partial charge in [0.2, 0.25) is 5.91 Å². The maximum Gasteiger partial charge on any atom is 0.416 e. The first-order valence-electron chi connectivity index (χ1n) is 8.35. The van der Waals surface area contributed by atoms with Gasteiger partial charge in [-0.2, -0.15) is 13.2 Å². The number of hydrogen-bond acceptors (Lipinski definition) is 3. The van der Waals surface area contributed by atoms with Crippen molar-refractivity contribution in [1.82, 2.24) is 14.6 Å². The third-order valence-corrected chi connectivity index (χ3v) is 4.05. The van der Waals surface area contributed by atoms with Crippen molar-refractivity contribution in [2.75, 3.05) is 5.32 Å². The van der Waals surface area contributed by atoms with Crippen molar-refractivity contribution in [1.29, 1.82) is 0 Å². The molecule has 0 radical (unpaired) electrons. The van der Waals surface area contributed by atoms with Crippen molar-refractivity contribution in [3.8, 4) is 0 Å². The monoisotopic (exact) mass is 376 g/mol. The largest absolute Gasteiger partial charge is 0.416 e. The van der Waals surface area contributed by atoms with Crippen molar-refractivity contribution < 1.29 is 18.0 Å². The van der Waals surface area contributed by atoms with E-state index in [-0.39, 0.29) is 17.7 Å². The van der Waals surface area contributed by atoms with Crippen molar-refractivity contribution in [2.45, 2.75) is 38.8 Å². The summed E-state index contributed by atoms with van der Waals surface area (Å²) in [5, 5.41) is 7.15. The highest BCUT2D eigenvalue weighted by molar-refractivity contribution is 5.93. The molecule has 3 aromatic rings. The van der Waals surface area contributed by atoms with Crippen LogP contribution >= 0.6 is 0 Å². The van der Waals surface area contributed by atoms with Crippen LogP contribution in [0.3, 0.4) is 0 Å². The molecule has 0 aliphatic carbocycles. The van der Waals surface area contributed by atoms with Crippen molar-refractivity contribution in [2.24, 2.45) is 0 Å². The minimum Gasteiger partial charge on any atom is -0.309 e. The number of nitrogens with zero attached hydrogens (tertiary/aromatic N) is 3. The van der Waals surface area contributed by atoms with Crippen LogP contribution in [0.15, 0.2) is 42.7 Å². The number of halogens is 3. The maximum absolute atomic E-state index is 12.6. The Morgan fingerprint density at radius 3 is 2.41 bits per heavy atom. The molecule has 0 aliphatic heterocycles. The third-order valence-electron chi connectivity index (χ3n) is 4.05. The standard InChI is InChI=1S/C19H19F3N4O/c1-18(2,3)15-16(25-26-10-4-9-23-17(15)26)24-14(27)11-12-5-7-13(8-6-12)19(20,21)22/h4-10H,11H2,1-3H3,(H,24,25,27). The highest BCUT2D eigenvalue weighted by Gasteiger charge is 2.30. The van der Waals surface area contributed by atoms with Gasteiger partial charge in [-0.25, -0.2) is 9.50 Å². The first kappa shape index (κ1) is 18.9. The number of aromatic nitrogens is 3. The Hall–Kier alpha value is -2.90. The summed E-state index contributed by atoms with van der Waals surface area (Å²) >= 11 is 0. The van der Waals surface area contributed by atoms with Crippen LogP contribution in [0.4, 0.5) is 19.0 Å². The highest BCUT2D eigenvalue weighted by atomic mass is 19.4. The van der Waals surface area contributed by atoms with E-state index in [9.17, 15) is 18.0 Å². The van der Waals surface area contributed by atoms with E-state index in [1.165, 1.54) is 12.1 Å². The third kappa shape index (κ3) is 4.10. The van der Waals surface area contributed by atoms with E-state index in [0.29, 0.717) is 17.0 Å². The number of nitrogens with one attached hydrogen (secondary N) is 1. The molecule has 2 aromatic heterocycles. The van der Waals surface area contributed by atoms with Crippen LogP contribution in [0.25, 0.3) is 5.65 Å². The van der Waals surface area contributed by atoms with Crippen molar-refractivity contribution in [3.05, 3.63) is 59.4 Å². The Balaban J connectivity index is 1.82. The number of benzene rings is 1. The molecule has 8 heteroatoms. The molecule has 0 unspecified atom stereocenters. The van der Waals surface area contributed by atoms with Crippen LogP contribution in [0, 0.1) is 0 Å². The van der Waals surface area contributed by atoms with Gasteiger partial charge < -0.3 is 5.32 Å². The lowest BCUT2D eigenvalue weighted by Crippen LogP contribution is -2.19. The summed E-state index contributed by atoms with van der Waals surface area (Å²) in [6.07, 6.45) is -1.06. The number of fused-ring (bicyclic) bond motifs is 1. The fourth-order valence-electron chi connectivity index (χ4n) is 2.84. The van der Waals surface area contributed by atoms with Gasteiger partial charge in [0, 0.05) is 18.0 Å². The first-order chi connectivity index (χ1) is 12.6. The van der Waals surface area contributed by atoms with E-state index < -0.39 is 11.7 Å². The molecule has 3 rings (SSSR count). The van der Waals surface area contributed by atoms with Crippen LogP contribution in [0.5, 0.6) is 0 Å². The lowest BCUT2D eigenvalue weighted by molar-refractivity contribution is -0.137. The van der Waals surface area contributed by atoms with Crippen molar-refractivity contribution in [3.63, 3.8) is 0 Å². The molecule has 0 spiro atoms. The zero-order valence-corrected chi connectivity index (χ0v) is 15.1. The maximum atomic E-state index is 12.6. The summed E-state index contributed by atoms with van der Waals surface area (Å²) in [6, 6.07) is 6.28. The van der Waals surface area contributed by atoms with Gasteiger partial charge in [-0.3, -0.25) is 4.79 Å². The highest BCUT2D eigenvalue weighted by Crippen LogP contribution is 2.32. The normalized spacial score (nSPS) is 12.4. The molecule has 5 nitrogen and oxygen atoms in total. The zero-order chi connectivity index (χ0) is 19.8. The van der Waals surface area contributed by atoms with Gasteiger partial charge in [0.05, 0.1) is 12.0 Å². The number of rotatable bonds is 3. The summed E-state index contributed by atoms with van der Waals surface area (Å²) in [4.78, 5) is 16.8. The van der Waals surface area contributed by atoms with Gasteiger partial charge in [-0.1, -0.05) is 32.9 Å². The second-order valence-electron chi connectivity index (χ2n) is 7.28. The number of hydrogen-bond donors (Lipinski definition) is 1. The van der Waals surface area contributed by atoms with Crippen LogP contribution in [0.1, 0.15) is 37.5 Å². The summed E-state index contributed by atoms with van der Waals surface area (Å²) in [6.45, 7) is 5.97. The summed E-state index contributed by atoms with van der Waals surface area (Å²) < 4.78 is 39.5. The van der Waals surface area contributed by atoms with Gasteiger partial charge in [-0.05, 0) is 29.2 Å². The lowest BCUT2D eigenvalue weighted by atomic mass is 9.88. The first-order valence-corrected chi connectivity index (χ1v) is 8.35. The molecule has 0 bridgehead atoms. The average Bonchev–Trinajstić information content (AvgIpc) is 2.92. The van der Waals surface area contributed by atoms with Crippen LogP contribution in [-0.4, -0.2) is 20.5 Å². The van der Waals surface area contributed by atoms with Crippen LogP contribution in [0.2, 0.25) is 0 Å². The van der Waals surface area contributed by atoms with E-state index in [1.54, 1.807) is 23.0 Å². The Bertz CT molecular complexity index is 969. The molecule has 2 heterocycles. The lowest BCUT2D eigenvalue weighted by Gasteiger charge is -2.18. The van der Waals surface area contributed by atoms with Crippen LogP contribution < -0.4 is 5.32 Å². The Labute approximate surface area is 154 Å². The molecule has 142 valence electrons. The molecule has 1 aromatic carbocycles. The van der Waals surface area contributed by atoms with Gasteiger partial charge in [0.25, 0.3) is 0 Å². The Kier molecular flexibility index (Phi) is 4.67. The van der Waals surface area contributed by atoms with E-state index in [4.69, 9.17) is 0 Å². The van der Waals surface area contributed by atoms with Gasteiger partial charge in [0.15, 0.2) is 11.5 Å². The molecule has 0 aliphatic rings. The fourth-order valence-corrected chi connectivity index (χ4v) is 2.84. The Morgan fingerprint density at radius 2 is 1.81 bits per heavy atom. The number of carbonyl (C=O) groups is 1. The molecule has 0 saturated carbocycles. The topological polar surface area (TPSA) is 59.3 Å². The summed E-state index contributed by atoms with van der Waals surface area (Å²) in [5.74, 6) is 0.0433. The smallest absolute Gasteiger partial charge is 0.309 e. The summed E-state index contributed by atoms with van der Waals surface area (Å²) in [5.41, 5.74) is 0.874. The average molecular weight is 376 g/mol.